The summed E-state index contributed by atoms with van der Waals surface area (Å²) in [6, 6.07) is -0.348. The Morgan fingerprint density at radius 3 is 2.70 bits per heavy atom. The molecule has 0 aliphatic rings. The van der Waals surface area contributed by atoms with Crippen molar-refractivity contribution in [2.24, 2.45) is 0 Å². The van der Waals surface area contributed by atoms with Gasteiger partial charge in [-0.1, -0.05) is 6.92 Å². The number of carbonyl (C=O) groups is 2. The molecule has 0 spiro atoms. The van der Waals surface area contributed by atoms with Crippen molar-refractivity contribution in [2.75, 3.05) is 0 Å². The molecule has 0 aromatic rings. The van der Waals surface area contributed by atoms with Crippen molar-refractivity contribution in [1.29, 1.82) is 0 Å². The zero-order chi connectivity index (χ0) is 7.98. The first-order chi connectivity index (χ1) is 4.70. The Bertz CT molecular complexity index is 123. The molecule has 0 saturated heterocycles. The van der Waals surface area contributed by atoms with Crippen LogP contribution < -0.4 is 5.32 Å². The molecule has 10 heavy (non-hydrogen) atoms. The molecule has 0 saturated carbocycles. The van der Waals surface area contributed by atoms with E-state index in [0.29, 0.717) is 12.7 Å². The molecule has 1 unspecified atom stereocenters. The van der Waals surface area contributed by atoms with Gasteiger partial charge in [0.1, 0.15) is 6.29 Å². The van der Waals surface area contributed by atoms with Gasteiger partial charge in [0.05, 0.1) is 6.04 Å². The Labute approximate surface area is 60.8 Å². The van der Waals surface area contributed by atoms with Crippen LogP contribution in [-0.4, -0.2) is 18.2 Å². The second-order valence-corrected chi connectivity index (χ2v) is 2.24. The van der Waals surface area contributed by atoms with E-state index in [4.69, 9.17) is 0 Å². The van der Waals surface area contributed by atoms with Crippen molar-refractivity contribution in [1.82, 2.24) is 5.32 Å². The maximum atomic E-state index is 10.7. The molecule has 0 fully saturated rings. The van der Waals surface area contributed by atoms with Crippen LogP contribution >= 0.6 is 0 Å². The number of nitrogens with one attached hydrogen (secondary N) is 1. The Balaban J connectivity index is 3.46. The zero-order valence-corrected chi connectivity index (χ0v) is 6.39. The zero-order valence-electron chi connectivity index (χ0n) is 6.39. The van der Waals surface area contributed by atoms with Gasteiger partial charge in [-0.05, 0) is 13.3 Å². The second-order valence-electron chi connectivity index (χ2n) is 2.24. The Morgan fingerprint density at radius 1 is 1.70 bits per heavy atom. The van der Waals surface area contributed by atoms with Crippen LogP contribution in [0.3, 0.4) is 0 Å². The molecular formula is C7H13NO2. The molecule has 0 aliphatic carbocycles. The highest BCUT2D eigenvalue weighted by atomic mass is 16.2. The molecule has 58 valence electrons. The van der Waals surface area contributed by atoms with Crippen LogP contribution in [0, 0.1) is 0 Å². The molecule has 0 radical (unpaired) electrons. The predicted octanol–water partition coefficient (Wildman–Crippen LogP) is 0.490. The molecule has 0 aromatic heterocycles. The Hall–Kier alpha value is -0.860. The summed E-state index contributed by atoms with van der Waals surface area (Å²) < 4.78 is 0. The maximum absolute atomic E-state index is 10.7. The van der Waals surface area contributed by atoms with E-state index in [0.717, 1.165) is 6.42 Å². The Morgan fingerprint density at radius 2 is 2.30 bits per heavy atom. The van der Waals surface area contributed by atoms with Crippen molar-refractivity contribution in [3.05, 3.63) is 0 Å². The van der Waals surface area contributed by atoms with Crippen LogP contribution in [0.2, 0.25) is 0 Å². The van der Waals surface area contributed by atoms with Crippen LogP contribution in [0.25, 0.3) is 0 Å². The SMILES string of the molecule is CCCC(=O)NC(C)C=O. The summed E-state index contributed by atoms with van der Waals surface area (Å²) in [4.78, 5) is 20.8. The lowest BCUT2D eigenvalue weighted by atomic mass is 10.3. The molecule has 0 aliphatic heterocycles. The molecule has 1 atom stereocenters. The fraction of sp³-hybridized carbons (Fsp3) is 0.714. The summed E-state index contributed by atoms with van der Waals surface area (Å²) in [6.45, 7) is 3.58. The van der Waals surface area contributed by atoms with Gasteiger partial charge in [0.25, 0.3) is 0 Å². The fourth-order valence-electron chi connectivity index (χ4n) is 0.587. The number of hydrogen-bond donors (Lipinski definition) is 1. The third-order valence-electron chi connectivity index (χ3n) is 1.07. The van der Waals surface area contributed by atoms with Crippen molar-refractivity contribution >= 4 is 12.2 Å². The van der Waals surface area contributed by atoms with Crippen molar-refractivity contribution in [3.63, 3.8) is 0 Å². The summed E-state index contributed by atoms with van der Waals surface area (Å²) >= 11 is 0. The summed E-state index contributed by atoms with van der Waals surface area (Å²) in [6.07, 6.45) is 2.03. The lowest BCUT2D eigenvalue weighted by molar-refractivity contribution is -0.123. The molecule has 3 nitrogen and oxygen atoms in total. The highest BCUT2D eigenvalue weighted by molar-refractivity contribution is 5.79. The third-order valence-corrected chi connectivity index (χ3v) is 1.07. The molecular weight excluding hydrogens is 130 g/mol. The van der Waals surface area contributed by atoms with E-state index in [2.05, 4.69) is 5.32 Å². The minimum Gasteiger partial charge on any atom is -0.347 e. The molecule has 0 rings (SSSR count). The van der Waals surface area contributed by atoms with Gasteiger partial charge in [0.15, 0.2) is 0 Å². The first-order valence-electron chi connectivity index (χ1n) is 3.45. The normalized spacial score (nSPS) is 12.2. The lowest BCUT2D eigenvalue weighted by Gasteiger charge is -2.04. The van der Waals surface area contributed by atoms with Crippen LogP contribution in [0.1, 0.15) is 26.7 Å². The van der Waals surface area contributed by atoms with E-state index in [-0.39, 0.29) is 11.9 Å². The molecule has 0 heterocycles. The van der Waals surface area contributed by atoms with Crippen LogP contribution in [0.4, 0.5) is 0 Å². The Kier molecular flexibility index (Phi) is 4.54. The van der Waals surface area contributed by atoms with Gasteiger partial charge in [-0.25, -0.2) is 0 Å². The minimum atomic E-state index is -0.348. The largest absolute Gasteiger partial charge is 0.347 e. The fourth-order valence-corrected chi connectivity index (χ4v) is 0.587. The van der Waals surface area contributed by atoms with Gasteiger partial charge in [-0.2, -0.15) is 0 Å². The standard InChI is InChI=1S/C7H13NO2/c1-3-4-7(10)8-6(2)5-9/h5-6H,3-4H2,1-2H3,(H,8,10). The number of aldehydes is 1. The summed E-state index contributed by atoms with van der Waals surface area (Å²) in [5.41, 5.74) is 0. The van der Waals surface area contributed by atoms with E-state index < -0.39 is 0 Å². The third kappa shape index (κ3) is 4.06. The number of hydrogen-bond acceptors (Lipinski definition) is 2. The quantitative estimate of drug-likeness (QED) is 0.582. The van der Waals surface area contributed by atoms with Crippen molar-refractivity contribution in [3.8, 4) is 0 Å². The molecule has 1 amide bonds. The van der Waals surface area contributed by atoms with E-state index >= 15 is 0 Å². The van der Waals surface area contributed by atoms with E-state index in [1.165, 1.54) is 0 Å². The van der Waals surface area contributed by atoms with Gasteiger partial charge in [-0.15, -0.1) is 0 Å². The minimum absolute atomic E-state index is 0.0536. The van der Waals surface area contributed by atoms with Crippen molar-refractivity contribution < 1.29 is 9.59 Å². The van der Waals surface area contributed by atoms with E-state index in [9.17, 15) is 9.59 Å². The van der Waals surface area contributed by atoms with Crippen LogP contribution in [0.15, 0.2) is 0 Å². The smallest absolute Gasteiger partial charge is 0.220 e. The van der Waals surface area contributed by atoms with Crippen molar-refractivity contribution in [2.45, 2.75) is 32.7 Å². The summed E-state index contributed by atoms with van der Waals surface area (Å²) in [5, 5.41) is 2.52. The second kappa shape index (κ2) is 4.97. The van der Waals surface area contributed by atoms with Gasteiger partial charge < -0.3 is 10.1 Å². The van der Waals surface area contributed by atoms with Gasteiger partial charge in [-0.3, -0.25) is 4.79 Å². The molecule has 3 heteroatoms. The number of carbonyl (C=O) groups excluding carboxylic acids is 2. The number of amides is 1. The summed E-state index contributed by atoms with van der Waals surface area (Å²) in [7, 11) is 0. The predicted molar refractivity (Wildman–Crippen MR) is 38.6 cm³/mol. The molecule has 0 aromatic carbocycles. The highest BCUT2D eigenvalue weighted by Crippen LogP contribution is 1.86. The average Bonchev–Trinajstić information content (AvgIpc) is 1.88. The van der Waals surface area contributed by atoms with E-state index in [1.54, 1.807) is 6.92 Å². The highest BCUT2D eigenvalue weighted by Gasteiger charge is 2.02. The monoisotopic (exact) mass is 143 g/mol. The van der Waals surface area contributed by atoms with Gasteiger partial charge in [0.2, 0.25) is 5.91 Å². The first kappa shape index (κ1) is 9.14. The molecule has 1 N–H and O–H groups in total. The molecule has 0 bridgehead atoms. The average molecular weight is 143 g/mol. The number of rotatable bonds is 4. The van der Waals surface area contributed by atoms with Crippen LogP contribution in [0.5, 0.6) is 0 Å². The maximum Gasteiger partial charge on any atom is 0.220 e. The van der Waals surface area contributed by atoms with Gasteiger partial charge in [0, 0.05) is 6.42 Å². The first-order valence-corrected chi connectivity index (χ1v) is 3.45. The lowest BCUT2D eigenvalue weighted by Crippen LogP contribution is -2.33. The van der Waals surface area contributed by atoms with Gasteiger partial charge >= 0.3 is 0 Å². The van der Waals surface area contributed by atoms with Crippen LogP contribution in [-0.2, 0) is 9.59 Å². The topological polar surface area (TPSA) is 46.2 Å². The van der Waals surface area contributed by atoms with E-state index in [1.807, 2.05) is 6.92 Å². The summed E-state index contributed by atoms with van der Waals surface area (Å²) in [5.74, 6) is -0.0536.